The Labute approximate surface area is 125 Å². The van der Waals surface area contributed by atoms with Gasteiger partial charge in [0.25, 0.3) is 0 Å². The highest BCUT2D eigenvalue weighted by atomic mass is 16.1. The van der Waals surface area contributed by atoms with Crippen LogP contribution in [0.3, 0.4) is 0 Å². The first-order chi connectivity index (χ1) is 10.3. The molecule has 1 saturated heterocycles. The first-order valence-electron chi connectivity index (χ1n) is 7.89. The Morgan fingerprint density at radius 1 is 1.29 bits per heavy atom. The minimum absolute atomic E-state index is 0.163. The van der Waals surface area contributed by atoms with Crippen molar-refractivity contribution in [2.45, 2.75) is 32.1 Å². The van der Waals surface area contributed by atoms with E-state index in [2.05, 4.69) is 25.7 Å². The summed E-state index contributed by atoms with van der Waals surface area (Å²) in [5.41, 5.74) is 1.13. The largest absolute Gasteiger partial charge is 0.370 e. The molecule has 0 atom stereocenters. The summed E-state index contributed by atoms with van der Waals surface area (Å²) < 4.78 is 0. The van der Waals surface area contributed by atoms with Gasteiger partial charge in [-0.2, -0.15) is 5.10 Å². The SMILES string of the molecule is O=C(CC1CC1)NCCNc1cc(N2CCCC2)cnn1. The van der Waals surface area contributed by atoms with Crippen molar-refractivity contribution < 1.29 is 4.79 Å². The predicted molar refractivity (Wildman–Crippen MR) is 82.3 cm³/mol. The summed E-state index contributed by atoms with van der Waals surface area (Å²) in [6.07, 6.45) is 7.42. The van der Waals surface area contributed by atoms with Crippen molar-refractivity contribution in [2.24, 2.45) is 5.92 Å². The van der Waals surface area contributed by atoms with Gasteiger partial charge in [-0.05, 0) is 31.6 Å². The fraction of sp³-hybridized carbons (Fsp3) is 0.667. The summed E-state index contributed by atoms with van der Waals surface area (Å²) in [6, 6.07) is 2.03. The highest BCUT2D eigenvalue weighted by Crippen LogP contribution is 2.32. The fourth-order valence-corrected chi connectivity index (χ4v) is 2.64. The van der Waals surface area contributed by atoms with Crippen molar-refractivity contribution in [3.8, 4) is 0 Å². The lowest BCUT2D eigenvalue weighted by Gasteiger charge is -2.17. The second kappa shape index (κ2) is 6.74. The zero-order valence-electron chi connectivity index (χ0n) is 12.3. The van der Waals surface area contributed by atoms with Gasteiger partial charge in [0.15, 0.2) is 5.82 Å². The summed E-state index contributed by atoms with van der Waals surface area (Å²) >= 11 is 0. The summed E-state index contributed by atoms with van der Waals surface area (Å²) in [7, 11) is 0. The van der Waals surface area contributed by atoms with E-state index in [0.29, 0.717) is 25.4 Å². The van der Waals surface area contributed by atoms with Crippen LogP contribution in [0.4, 0.5) is 11.5 Å². The molecule has 6 nitrogen and oxygen atoms in total. The van der Waals surface area contributed by atoms with Crippen LogP contribution in [0.25, 0.3) is 0 Å². The second-order valence-corrected chi connectivity index (χ2v) is 5.92. The van der Waals surface area contributed by atoms with Crippen molar-refractivity contribution in [1.82, 2.24) is 15.5 Å². The molecule has 1 saturated carbocycles. The Balaban J connectivity index is 1.40. The quantitative estimate of drug-likeness (QED) is 0.743. The Morgan fingerprint density at radius 2 is 2.10 bits per heavy atom. The van der Waals surface area contributed by atoms with Gasteiger partial charge >= 0.3 is 0 Å². The standard InChI is InChI=1S/C15H23N5O/c21-15(9-12-3-4-12)17-6-5-16-14-10-13(11-18-19-14)20-7-1-2-8-20/h10-12H,1-9H2,(H,16,19)(H,17,21). The van der Waals surface area contributed by atoms with E-state index in [1.54, 1.807) is 0 Å². The van der Waals surface area contributed by atoms with E-state index in [4.69, 9.17) is 0 Å². The Morgan fingerprint density at radius 3 is 2.86 bits per heavy atom. The maximum absolute atomic E-state index is 11.6. The van der Waals surface area contributed by atoms with E-state index >= 15 is 0 Å². The molecule has 3 rings (SSSR count). The van der Waals surface area contributed by atoms with Crippen molar-refractivity contribution in [3.05, 3.63) is 12.3 Å². The molecule has 2 heterocycles. The topological polar surface area (TPSA) is 70.2 Å². The van der Waals surface area contributed by atoms with Gasteiger partial charge < -0.3 is 15.5 Å². The number of carbonyl (C=O) groups excluding carboxylic acids is 1. The van der Waals surface area contributed by atoms with Crippen molar-refractivity contribution in [1.29, 1.82) is 0 Å². The average molecular weight is 289 g/mol. The molecule has 21 heavy (non-hydrogen) atoms. The number of aromatic nitrogens is 2. The summed E-state index contributed by atoms with van der Waals surface area (Å²) in [5.74, 6) is 1.58. The number of hydrogen-bond donors (Lipinski definition) is 2. The smallest absolute Gasteiger partial charge is 0.220 e. The first-order valence-corrected chi connectivity index (χ1v) is 7.89. The number of nitrogens with one attached hydrogen (secondary N) is 2. The number of carbonyl (C=O) groups is 1. The number of hydrogen-bond acceptors (Lipinski definition) is 5. The van der Waals surface area contributed by atoms with Gasteiger partial charge in [-0.25, -0.2) is 0 Å². The Hall–Kier alpha value is -1.85. The molecule has 6 heteroatoms. The molecule has 0 spiro atoms. The fourth-order valence-electron chi connectivity index (χ4n) is 2.64. The Kier molecular flexibility index (Phi) is 4.52. The average Bonchev–Trinajstić information content (AvgIpc) is 3.14. The van der Waals surface area contributed by atoms with Crippen LogP contribution in [-0.2, 0) is 4.79 Å². The van der Waals surface area contributed by atoms with Gasteiger partial charge in [0.05, 0.1) is 11.9 Å². The highest BCUT2D eigenvalue weighted by molar-refractivity contribution is 5.76. The van der Waals surface area contributed by atoms with Crippen LogP contribution in [0, 0.1) is 5.92 Å². The Bertz CT molecular complexity index is 483. The summed E-state index contributed by atoms with van der Waals surface area (Å²) in [5, 5.41) is 14.3. The van der Waals surface area contributed by atoms with Crippen molar-refractivity contribution in [2.75, 3.05) is 36.4 Å². The minimum atomic E-state index is 0.163. The zero-order valence-corrected chi connectivity index (χ0v) is 12.3. The van der Waals surface area contributed by atoms with Crippen LogP contribution in [-0.4, -0.2) is 42.3 Å². The molecule has 114 valence electrons. The van der Waals surface area contributed by atoms with Crippen LogP contribution < -0.4 is 15.5 Å². The van der Waals surface area contributed by atoms with Gasteiger partial charge in [-0.15, -0.1) is 5.10 Å². The molecule has 2 fully saturated rings. The van der Waals surface area contributed by atoms with Crippen LogP contribution in [0.1, 0.15) is 32.1 Å². The van der Waals surface area contributed by atoms with E-state index in [1.165, 1.54) is 25.7 Å². The number of anilines is 2. The molecule has 0 radical (unpaired) electrons. The maximum Gasteiger partial charge on any atom is 0.220 e. The van der Waals surface area contributed by atoms with E-state index in [9.17, 15) is 4.79 Å². The number of rotatable bonds is 7. The molecule has 1 aliphatic heterocycles. The third-order valence-corrected chi connectivity index (χ3v) is 4.04. The van der Waals surface area contributed by atoms with Gasteiger partial charge in [0.1, 0.15) is 0 Å². The van der Waals surface area contributed by atoms with Crippen molar-refractivity contribution >= 4 is 17.4 Å². The molecule has 1 aromatic heterocycles. The van der Waals surface area contributed by atoms with Crippen LogP contribution in [0.15, 0.2) is 12.3 Å². The molecule has 2 aliphatic rings. The molecule has 0 aromatic carbocycles. The van der Waals surface area contributed by atoms with Gasteiger partial charge in [-0.1, -0.05) is 0 Å². The first kappa shape index (κ1) is 14.1. The lowest BCUT2D eigenvalue weighted by Crippen LogP contribution is -2.29. The third-order valence-electron chi connectivity index (χ3n) is 4.04. The molecule has 2 N–H and O–H groups in total. The van der Waals surface area contributed by atoms with E-state index in [-0.39, 0.29) is 5.91 Å². The maximum atomic E-state index is 11.6. The molecule has 0 bridgehead atoms. The van der Waals surface area contributed by atoms with Gasteiger partial charge in [0.2, 0.25) is 5.91 Å². The zero-order chi connectivity index (χ0) is 14.5. The lowest BCUT2D eigenvalue weighted by atomic mass is 10.3. The second-order valence-electron chi connectivity index (χ2n) is 5.92. The minimum Gasteiger partial charge on any atom is -0.370 e. The van der Waals surface area contributed by atoms with Crippen LogP contribution in [0.5, 0.6) is 0 Å². The molecule has 1 amide bonds. The summed E-state index contributed by atoms with van der Waals surface area (Å²) in [4.78, 5) is 13.9. The number of amides is 1. The van der Waals surface area contributed by atoms with Crippen LogP contribution >= 0.6 is 0 Å². The lowest BCUT2D eigenvalue weighted by molar-refractivity contribution is -0.121. The van der Waals surface area contributed by atoms with Crippen LogP contribution in [0.2, 0.25) is 0 Å². The van der Waals surface area contributed by atoms with E-state index in [1.807, 2.05) is 12.3 Å². The van der Waals surface area contributed by atoms with Gasteiger partial charge in [-0.3, -0.25) is 4.79 Å². The van der Waals surface area contributed by atoms with Gasteiger partial charge in [0, 0.05) is 38.7 Å². The van der Waals surface area contributed by atoms with E-state index in [0.717, 1.165) is 24.6 Å². The molecular weight excluding hydrogens is 266 g/mol. The predicted octanol–water partition coefficient (Wildman–Crippen LogP) is 1.40. The third kappa shape index (κ3) is 4.31. The van der Waals surface area contributed by atoms with Crippen molar-refractivity contribution in [3.63, 3.8) is 0 Å². The molecular formula is C15H23N5O. The summed E-state index contributed by atoms with van der Waals surface area (Å²) in [6.45, 7) is 3.50. The van der Waals surface area contributed by atoms with E-state index < -0.39 is 0 Å². The highest BCUT2D eigenvalue weighted by Gasteiger charge is 2.23. The number of nitrogens with zero attached hydrogens (tertiary/aromatic N) is 3. The monoisotopic (exact) mass is 289 g/mol. The molecule has 1 aliphatic carbocycles. The molecule has 0 unspecified atom stereocenters. The normalized spacial score (nSPS) is 17.8. The molecule has 1 aromatic rings.